The number of aliphatic hydroxyl groups is 1. The number of ketones is 1. The fourth-order valence-corrected chi connectivity index (χ4v) is 3.65. The van der Waals surface area contributed by atoms with Crippen LogP contribution in [0.1, 0.15) is 48.9 Å². The molecule has 0 spiro atoms. The molecule has 0 unspecified atom stereocenters. The van der Waals surface area contributed by atoms with Crippen molar-refractivity contribution in [2.45, 2.75) is 32.2 Å². The second-order valence-electron chi connectivity index (χ2n) is 7.53. The molecule has 0 radical (unpaired) electrons. The largest absolute Gasteiger partial charge is 0.507 e. The van der Waals surface area contributed by atoms with Crippen LogP contribution in [-0.4, -0.2) is 42.0 Å². The molecule has 1 aliphatic heterocycles. The predicted molar refractivity (Wildman–Crippen MR) is 112 cm³/mol. The van der Waals surface area contributed by atoms with Gasteiger partial charge in [0.05, 0.1) is 11.6 Å². The summed E-state index contributed by atoms with van der Waals surface area (Å²) < 4.78 is 5.11. The second-order valence-corrected chi connectivity index (χ2v) is 7.53. The van der Waals surface area contributed by atoms with Crippen LogP contribution in [0.2, 0.25) is 0 Å². The normalized spacial score (nSPS) is 18.6. The predicted octanol–water partition coefficient (Wildman–Crippen LogP) is 4.27. The van der Waals surface area contributed by atoms with Crippen molar-refractivity contribution in [1.82, 2.24) is 4.90 Å². The fourth-order valence-electron chi connectivity index (χ4n) is 3.65. The van der Waals surface area contributed by atoms with Gasteiger partial charge in [-0.15, -0.1) is 0 Å². The first-order chi connectivity index (χ1) is 14.0. The van der Waals surface area contributed by atoms with Gasteiger partial charge in [-0.2, -0.15) is 0 Å². The molecule has 1 heterocycles. The molecule has 3 rings (SSSR count). The van der Waals surface area contributed by atoms with Gasteiger partial charge in [0.15, 0.2) is 0 Å². The third kappa shape index (κ3) is 4.25. The van der Waals surface area contributed by atoms with Gasteiger partial charge >= 0.3 is 0 Å². The van der Waals surface area contributed by atoms with Crippen molar-refractivity contribution in [3.8, 4) is 0 Å². The molecule has 29 heavy (non-hydrogen) atoms. The molecule has 0 bridgehead atoms. The van der Waals surface area contributed by atoms with Gasteiger partial charge in [0.25, 0.3) is 11.7 Å². The Morgan fingerprint density at radius 3 is 2.31 bits per heavy atom. The Morgan fingerprint density at radius 2 is 1.72 bits per heavy atom. The van der Waals surface area contributed by atoms with Crippen molar-refractivity contribution in [3.05, 3.63) is 76.9 Å². The van der Waals surface area contributed by atoms with E-state index in [1.54, 1.807) is 36.3 Å². The van der Waals surface area contributed by atoms with Crippen LogP contribution in [-0.2, 0) is 14.3 Å². The minimum Gasteiger partial charge on any atom is -0.507 e. The van der Waals surface area contributed by atoms with Gasteiger partial charge in [-0.05, 0) is 23.5 Å². The highest BCUT2D eigenvalue weighted by Gasteiger charge is 2.45. The molecule has 2 aromatic rings. The van der Waals surface area contributed by atoms with Gasteiger partial charge in [0, 0.05) is 25.8 Å². The summed E-state index contributed by atoms with van der Waals surface area (Å²) in [4.78, 5) is 27.2. The molecule has 1 saturated heterocycles. The smallest absolute Gasteiger partial charge is 0.295 e. The van der Waals surface area contributed by atoms with Crippen molar-refractivity contribution < 1.29 is 19.4 Å². The van der Waals surface area contributed by atoms with E-state index in [-0.39, 0.29) is 11.3 Å². The highest BCUT2D eigenvalue weighted by Crippen LogP contribution is 2.39. The van der Waals surface area contributed by atoms with Crippen molar-refractivity contribution in [3.63, 3.8) is 0 Å². The van der Waals surface area contributed by atoms with E-state index >= 15 is 0 Å². The molecule has 152 valence electrons. The molecule has 5 nitrogen and oxygen atoms in total. The zero-order chi connectivity index (χ0) is 21.0. The molecule has 0 aliphatic carbocycles. The number of amides is 1. The number of nitrogens with zero attached hydrogens (tertiary/aromatic N) is 1. The number of carbonyl (C=O) groups excluding carboxylic acids is 2. The minimum atomic E-state index is -0.651. The molecular formula is C24H27NO4. The van der Waals surface area contributed by atoms with Crippen LogP contribution in [0.15, 0.2) is 60.2 Å². The number of hydrogen-bond acceptors (Lipinski definition) is 4. The van der Waals surface area contributed by atoms with Crippen LogP contribution in [0.5, 0.6) is 0 Å². The SMILES string of the molecule is COCCCN1C(=O)C(=O)C(=C(O)c2ccccc2)[C@@H]1c1ccc(C(C)C)cc1. The van der Waals surface area contributed by atoms with E-state index in [2.05, 4.69) is 13.8 Å². The van der Waals surface area contributed by atoms with E-state index in [0.717, 1.165) is 5.56 Å². The zero-order valence-corrected chi connectivity index (χ0v) is 17.1. The first-order valence-electron chi connectivity index (χ1n) is 9.88. The Hall–Kier alpha value is -2.92. The number of likely N-dealkylation sites (tertiary alicyclic amines) is 1. The molecule has 2 aromatic carbocycles. The van der Waals surface area contributed by atoms with Crippen molar-refractivity contribution in [1.29, 1.82) is 0 Å². The average molecular weight is 393 g/mol. The number of methoxy groups -OCH3 is 1. The molecule has 0 saturated carbocycles. The Bertz CT molecular complexity index is 900. The summed E-state index contributed by atoms with van der Waals surface area (Å²) in [7, 11) is 1.60. The lowest BCUT2D eigenvalue weighted by atomic mass is 9.93. The van der Waals surface area contributed by atoms with Gasteiger partial charge in [0.1, 0.15) is 5.76 Å². The van der Waals surface area contributed by atoms with Crippen LogP contribution in [0, 0.1) is 0 Å². The van der Waals surface area contributed by atoms with Gasteiger partial charge in [-0.25, -0.2) is 0 Å². The van der Waals surface area contributed by atoms with Crippen molar-refractivity contribution in [2.75, 3.05) is 20.3 Å². The summed E-state index contributed by atoms with van der Waals surface area (Å²) in [5, 5.41) is 10.9. The lowest BCUT2D eigenvalue weighted by Crippen LogP contribution is -2.31. The third-order valence-corrected chi connectivity index (χ3v) is 5.25. The topological polar surface area (TPSA) is 66.8 Å². The summed E-state index contributed by atoms with van der Waals surface area (Å²) in [6.07, 6.45) is 0.607. The summed E-state index contributed by atoms with van der Waals surface area (Å²) in [5.74, 6) is -1.00. The molecule has 1 N–H and O–H groups in total. The number of carbonyl (C=O) groups is 2. The maximum absolute atomic E-state index is 12.9. The quantitative estimate of drug-likeness (QED) is 0.330. The van der Waals surface area contributed by atoms with Crippen molar-refractivity contribution >= 4 is 17.4 Å². The van der Waals surface area contributed by atoms with Crippen LogP contribution in [0.25, 0.3) is 5.76 Å². The molecular weight excluding hydrogens is 366 g/mol. The van der Waals surface area contributed by atoms with Gasteiger partial charge in [-0.3, -0.25) is 9.59 Å². The molecule has 1 atom stereocenters. The first kappa shape index (κ1) is 20.8. The van der Waals surface area contributed by atoms with Gasteiger partial charge < -0.3 is 14.7 Å². The molecule has 0 aromatic heterocycles. The van der Waals surface area contributed by atoms with Crippen LogP contribution >= 0.6 is 0 Å². The number of ether oxygens (including phenoxy) is 1. The molecule has 1 amide bonds. The number of Topliss-reactive ketones (excluding diaryl/α,β-unsaturated/α-hetero) is 1. The maximum Gasteiger partial charge on any atom is 0.295 e. The van der Waals surface area contributed by atoms with E-state index < -0.39 is 17.7 Å². The van der Waals surface area contributed by atoms with Crippen molar-refractivity contribution in [2.24, 2.45) is 0 Å². The molecule has 5 heteroatoms. The third-order valence-electron chi connectivity index (χ3n) is 5.25. The number of benzene rings is 2. The highest BCUT2D eigenvalue weighted by atomic mass is 16.5. The standard InChI is InChI=1S/C24H27NO4/c1-16(2)17-10-12-18(13-11-17)21-20(22(26)19-8-5-4-6-9-19)23(27)24(28)25(21)14-7-15-29-3/h4-6,8-13,16,21,26H,7,14-15H2,1-3H3/t21-/m0/s1. The summed E-state index contributed by atoms with van der Waals surface area (Å²) in [6.45, 7) is 5.09. The van der Waals surface area contributed by atoms with E-state index in [4.69, 9.17) is 4.74 Å². The Kier molecular flexibility index (Phi) is 6.49. The highest BCUT2D eigenvalue weighted by molar-refractivity contribution is 6.46. The lowest BCUT2D eigenvalue weighted by Gasteiger charge is -2.25. The molecule has 1 aliphatic rings. The van der Waals surface area contributed by atoms with E-state index in [9.17, 15) is 14.7 Å². The zero-order valence-electron chi connectivity index (χ0n) is 17.1. The lowest BCUT2D eigenvalue weighted by molar-refractivity contribution is -0.140. The monoisotopic (exact) mass is 393 g/mol. The van der Waals surface area contributed by atoms with E-state index in [1.165, 1.54) is 5.56 Å². The Morgan fingerprint density at radius 1 is 1.07 bits per heavy atom. The maximum atomic E-state index is 12.9. The molecule has 1 fully saturated rings. The number of rotatable bonds is 7. The Balaban J connectivity index is 2.09. The first-order valence-corrected chi connectivity index (χ1v) is 9.88. The van der Waals surface area contributed by atoms with Crippen LogP contribution in [0.4, 0.5) is 0 Å². The van der Waals surface area contributed by atoms with Crippen LogP contribution in [0.3, 0.4) is 0 Å². The van der Waals surface area contributed by atoms with E-state index in [0.29, 0.717) is 31.1 Å². The van der Waals surface area contributed by atoms with Gasteiger partial charge in [0.2, 0.25) is 0 Å². The number of aliphatic hydroxyl groups excluding tert-OH is 1. The summed E-state index contributed by atoms with van der Waals surface area (Å²) in [5.41, 5.74) is 2.64. The Labute approximate surface area is 171 Å². The van der Waals surface area contributed by atoms with E-state index in [1.807, 2.05) is 30.3 Å². The minimum absolute atomic E-state index is 0.135. The summed E-state index contributed by atoms with van der Waals surface area (Å²) >= 11 is 0. The second kappa shape index (κ2) is 9.05. The number of hydrogen-bond donors (Lipinski definition) is 1. The van der Waals surface area contributed by atoms with Crippen LogP contribution < -0.4 is 0 Å². The average Bonchev–Trinajstić information content (AvgIpc) is 2.99. The van der Waals surface area contributed by atoms with Gasteiger partial charge in [-0.1, -0.05) is 68.4 Å². The summed E-state index contributed by atoms with van der Waals surface area (Å²) in [6, 6.07) is 16.2. The fraction of sp³-hybridized carbons (Fsp3) is 0.333.